The molecule has 5 nitrogen and oxygen atoms in total. The molecule has 0 saturated heterocycles. The number of benzene rings is 1. The van der Waals surface area contributed by atoms with Gasteiger partial charge in [-0.2, -0.15) is 0 Å². The Hall–Kier alpha value is -1.98. The van der Waals surface area contributed by atoms with Crippen LogP contribution in [0.4, 0.5) is 15.8 Å². The second kappa shape index (κ2) is 5.34. The maximum atomic E-state index is 13.7. The Kier molecular flexibility index (Phi) is 3.78. The Morgan fingerprint density at radius 2 is 2.21 bits per heavy atom. The monoisotopic (exact) mass is 267 g/mol. The number of hydrogen-bond donors (Lipinski definition) is 3. The van der Waals surface area contributed by atoms with Gasteiger partial charge in [0.15, 0.2) is 0 Å². The summed E-state index contributed by atoms with van der Waals surface area (Å²) in [5.41, 5.74) is 6.01. The molecule has 0 aromatic heterocycles. The molecule has 1 aromatic carbocycles. The third kappa shape index (κ3) is 3.27. The fraction of sp³-hybridized carbons (Fsp3) is 0.462. The first kappa shape index (κ1) is 13.5. The lowest BCUT2D eigenvalue weighted by Gasteiger charge is -2.17. The van der Waals surface area contributed by atoms with Crippen LogP contribution in [0.25, 0.3) is 0 Å². The molecule has 1 aliphatic carbocycles. The van der Waals surface area contributed by atoms with Crippen molar-refractivity contribution in [2.24, 2.45) is 0 Å². The van der Waals surface area contributed by atoms with Crippen molar-refractivity contribution in [2.75, 3.05) is 18.2 Å². The molecule has 0 spiro atoms. The lowest BCUT2D eigenvalue weighted by molar-refractivity contribution is -0.121. The minimum absolute atomic E-state index is 0.141. The van der Waals surface area contributed by atoms with Crippen molar-refractivity contribution >= 4 is 17.3 Å². The van der Waals surface area contributed by atoms with E-state index in [1.807, 2.05) is 0 Å². The first-order valence-electron chi connectivity index (χ1n) is 6.21. The molecule has 1 saturated carbocycles. The van der Waals surface area contributed by atoms with Crippen LogP contribution < -0.4 is 21.1 Å². The minimum atomic E-state index is -0.525. The predicted molar refractivity (Wildman–Crippen MR) is 71.6 cm³/mol. The summed E-state index contributed by atoms with van der Waals surface area (Å²) in [6.07, 6.45) is 2.03. The number of carbonyl (C=O) groups excluding carboxylic acids is 1. The van der Waals surface area contributed by atoms with Crippen LogP contribution in [0.3, 0.4) is 0 Å². The average molecular weight is 267 g/mol. The highest BCUT2D eigenvalue weighted by Gasteiger charge is 2.26. The van der Waals surface area contributed by atoms with Crippen molar-refractivity contribution in [3.63, 3.8) is 0 Å². The first-order chi connectivity index (χ1) is 9.01. The molecule has 1 aromatic rings. The van der Waals surface area contributed by atoms with Gasteiger partial charge < -0.3 is 21.1 Å². The molecule has 6 heteroatoms. The third-order valence-electron chi connectivity index (χ3n) is 3.01. The standard InChI is InChI=1S/C13H18FN3O2/c1-7(13(18)17-8-3-4-8)16-11-6-12(19-2)10(15)5-9(11)14/h5-8,16H,3-4,15H2,1-2H3,(H,17,18). The Morgan fingerprint density at radius 1 is 1.53 bits per heavy atom. The molecule has 0 heterocycles. The fourth-order valence-electron chi connectivity index (χ4n) is 1.71. The van der Waals surface area contributed by atoms with E-state index < -0.39 is 11.9 Å². The van der Waals surface area contributed by atoms with Crippen molar-refractivity contribution in [3.8, 4) is 5.75 Å². The molecule has 0 radical (unpaired) electrons. The van der Waals surface area contributed by atoms with Crippen molar-refractivity contribution < 1.29 is 13.9 Å². The van der Waals surface area contributed by atoms with Crippen LogP contribution in [-0.4, -0.2) is 25.1 Å². The second-order valence-corrected chi connectivity index (χ2v) is 4.72. The number of nitrogens with one attached hydrogen (secondary N) is 2. The molecule has 4 N–H and O–H groups in total. The van der Waals surface area contributed by atoms with Gasteiger partial charge in [0, 0.05) is 18.2 Å². The van der Waals surface area contributed by atoms with Gasteiger partial charge in [-0.1, -0.05) is 0 Å². The largest absolute Gasteiger partial charge is 0.495 e. The van der Waals surface area contributed by atoms with Gasteiger partial charge in [0.2, 0.25) is 5.91 Å². The number of hydrogen-bond acceptors (Lipinski definition) is 4. The molecule has 0 aliphatic heterocycles. The van der Waals surface area contributed by atoms with Crippen LogP contribution in [-0.2, 0) is 4.79 Å². The van der Waals surface area contributed by atoms with Gasteiger partial charge in [0.25, 0.3) is 0 Å². The van der Waals surface area contributed by atoms with Gasteiger partial charge in [-0.3, -0.25) is 4.79 Å². The Morgan fingerprint density at radius 3 is 2.79 bits per heavy atom. The number of nitrogen functional groups attached to an aromatic ring is 1. The number of carbonyl (C=O) groups is 1. The van der Waals surface area contributed by atoms with Crippen molar-refractivity contribution in [3.05, 3.63) is 17.9 Å². The van der Waals surface area contributed by atoms with Crippen LogP contribution in [0.15, 0.2) is 12.1 Å². The van der Waals surface area contributed by atoms with Gasteiger partial charge >= 0.3 is 0 Å². The number of nitrogens with two attached hydrogens (primary N) is 1. The Bertz CT molecular complexity index is 489. The highest BCUT2D eigenvalue weighted by Crippen LogP contribution is 2.28. The summed E-state index contributed by atoms with van der Waals surface area (Å²) >= 11 is 0. The predicted octanol–water partition coefficient (Wildman–Crippen LogP) is 1.50. The van der Waals surface area contributed by atoms with E-state index in [9.17, 15) is 9.18 Å². The van der Waals surface area contributed by atoms with E-state index in [2.05, 4.69) is 10.6 Å². The summed E-state index contributed by atoms with van der Waals surface area (Å²) in [6.45, 7) is 1.68. The topological polar surface area (TPSA) is 76.4 Å². The molecular weight excluding hydrogens is 249 g/mol. The van der Waals surface area contributed by atoms with E-state index >= 15 is 0 Å². The zero-order valence-electron chi connectivity index (χ0n) is 11.0. The normalized spacial score (nSPS) is 15.7. The number of ether oxygens (including phenoxy) is 1. The van der Waals surface area contributed by atoms with Gasteiger partial charge in [-0.15, -0.1) is 0 Å². The summed E-state index contributed by atoms with van der Waals surface area (Å²) < 4.78 is 18.8. The average Bonchev–Trinajstić information content (AvgIpc) is 3.16. The van der Waals surface area contributed by atoms with E-state index in [-0.39, 0.29) is 23.3 Å². The SMILES string of the molecule is COc1cc(NC(C)C(=O)NC2CC2)c(F)cc1N. The van der Waals surface area contributed by atoms with Crippen molar-refractivity contribution in [2.45, 2.75) is 31.8 Å². The molecule has 104 valence electrons. The van der Waals surface area contributed by atoms with Gasteiger partial charge in [0.05, 0.1) is 18.5 Å². The molecule has 1 unspecified atom stereocenters. The van der Waals surface area contributed by atoms with Crippen molar-refractivity contribution in [1.82, 2.24) is 5.32 Å². The summed E-state index contributed by atoms with van der Waals surface area (Å²) in [7, 11) is 1.45. The van der Waals surface area contributed by atoms with Crippen LogP contribution in [0.5, 0.6) is 5.75 Å². The molecule has 1 fully saturated rings. The highest BCUT2D eigenvalue weighted by atomic mass is 19.1. The molecule has 1 atom stereocenters. The quantitative estimate of drug-likeness (QED) is 0.707. The van der Waals surface area contributed by atoms with E-state index in [0.29, 0.717) is 5.75 Å². The smallest absolute Gasteiger partial charge is 0.242 e. The van der Waals surface area contributed by atoms with Crippen LogP contribution in [0.1, 0.15) is 19.8 Å². The third-order valence-corrected chi connectivity index (χ3v) is 3.01. The molecular formula is C13H18FN3O2. The maximum absolute atomic E-state index is 13.7. The van der Waals surface area contributed by atoms with E-state index in [1.54, 1.807) is 6.92 Å². The van der Waals surface area contributed by atoms with Crippen LogP contribution in [0.2, 0.25) is 0 Å². The zero-order valence-corrected chi connectivity index (χ0v) is 11.0. The number of halogens is 1. The number of methoxy groups -OCH3 is 1. The number of rotatable bonds is 5. The zero-order chi connectivity index (χ0) is 14.0. The first-order valence-corrected chi connectivity index (χ1v) is 6.21. The molecule has 1 aliphatic rings. The van der Waals surface area contributed by atoms with Crippen LogP contribution in [0, 0.1) is 5.82 Å². The lowest BCUT2D eigenvalue weighted by Crippen LogP contribution is -2.38. The molecule has 1 amide bonds. The highest BCUT2D eigenvalue weighted by molar-refractivity contribution is 5.85. The fourth-order valence-corrected chi connectivity index (χ4v) is 1.71. The number of anilines is 2. The lowest BCUT2D eigenvalue weighted by atomic mass is 10.2. The molecule has 0 bridgehead atoms. The molecule has 19 heavy (non-hydrogen) atoms. The summed E-state index contributed by atoms with van der Waals surface area (Å²) in [5.74, 6) is -0.277. The van der Waals surface area contributed by atoms with Gasteiger partial charge in [-0.05, 0) is 19.8 Å². The van der Waals surface area contributed by atoms with E-state index in [0.717, 1.165) is 12.8 Å². The van der Waals surface area contributed by atoms with E-state index in [1.165, 1.54) is 19.2 Å². The number of amides is 1. The Labute approximate surface area is 111 Å². The summed E-state index contributed by atoms with van der Waals surface area (Å²) in [6, 6.07) is 2.38. The molecule has 2 rings (SSSR count). The van der Waals surface area contributed by atoms with Gasteiger partial charge in [-0.25, -0.2) is 4.39 Å². The van der Waals surface area contributed by atoms with Gasteiger partial charge in [0.1, 0.15) is 17.6 Å². The summed E-state index contributed by atoms with van der Waals surface area (Å²) in [5, 5.41) is 5.68. The van der Waals surface area contributed by atoms with Crippen LogP contribution >= 0.6 is 0 Å². The second-order valence-electron chi connectivity index (χ2n) is 4.72. The van der Waals surface area contributed by atoms with Crippen molar-refractivity contribution in [1.29, 1.82) is 0 Å². The summed E-state index contributed by atoms with van der Waals surface area (Å²) in [4.78, 5) is 11.8. The van der Waals surface area contributed by atoms with E-state index in [4.69, 9.17) is 10.5 Å². The minimum Gasteiger partial charge on any atom is -0.495 e. The maximum Gasteiger partial charge on any atom is 0.242 e. The Balaban J connectivity index is 2.06.